The lowest BCUT2D eigenvalue weighted by atomic mass is 10.1. The topological polar surface area (TPSA) is 36.1 Å². The first kappa shape index (κ1) is 8.46. The molecule has 66 valence electrons. The Balaban J connectivity index is 2.89. The van der Waals surface area contributed by atoms with E-state index in [0.29, 0.717) is 5.56 Å². The summed E-state index contributed by atoms with van der Waals surface area (Å²) in [5.41, 5.74) is 0.681. The van der Waals surface area contributed by atoms with E-state index in [1.165, 1.54) is 0 Å². The van der Waals surface area contributed by atoms with Gasteiger partial charge in [0.2, 0.25) is 0 Å². The second-order valence-corrected chi connectivity index (χ2v) is 2.89. The maximum atomic E-state index is 8.91. The smallest absolute Gasteiger partial charge is 0.0998 e. The normalized spacial score (nSPS) is 12.8. The summed E-state index contributed by atoms with van der Waals surface area (Å²) in [7, 11) is 0. The van der Waals surface area contributed by atoms with E-state index in [1.807, 2.05) is 36.4 Å². The fourth-order valence-electron chi connectivity index (χ4n) is 1.38. The summed E-state index contributed by atoms with van der Waals surface area (Å²) in [5, 5.41) is 10.9. The zero-order valence-corrected chi connectivity index (χ0v) is 7.51. The average Bonchev–Trinajstić information content (AvgIpc) is 2.18. The average molecular weight is 180 g/mol. The SMILES string of the molecule is N#Cc1cccc2c1=CC=NC=CC=2. The fourth-order valence-corrected chi connectivity index (χ4v) is 1.38. The molecule has 2 nitrogen and oxygen atoms in total. The minimum Gasteiger partial charge on any atom is -0.265 e. The molecule has 0 bridgehead atoms. The Morgan fingerprint density at radius 1 is 1.21 bits per heavy atom. The van der Waals surface area contributed by atoms with Gasteiger partial charge < -0.3 is 0 Å². The zero-order chi connectivity index (χ0) is 9.80. The van der Waals surface area contributed by atoms with Crippen LogP contribution < -0.4 is 10.4 Å². The highest BCUT2D eigenvalue weighted by atomic mass is 14.6. The molecule has 0 radical (unpaired) electrons. The number of benzene rings is 1. The van der Waals surface area contributed by atoms with Gasteiger partial charge in [-0.15, -0.1) is 0 Å². The molecule has 0 saturated heterocycles. The molecule has 0 fully saturated rings. The van der Waals surface area contributed by atoms with Crippen LogP contribution in [0.5, 0.6) is 0 Å². The van der Waals surface area contributed by atoms with Crippen LogP contribution in [0, 0.1) is 11.3 Å². The minimum atomic E-state index is 0.681. The van der Waals surface area contributed by atoms with Crippen molar-refractivity contribution in [2.75, 3.05) is 0 Å². The summed E-state index contributed by atoms with van der Waals surface area (Å²) in [5.74, 6) is 0. The summed E-state index contributed by atoms with van der Waals surface area (Å²) in [6, 6.07) is 7.84. The van der Waals surface area contributed by atoms with Crippen LogP contribution in [0.15, 0.2) is 35.5 Å². The van der Waals surface area contributed by atoms with E-state index < -0.39 is 0 Å². The lowest BCUT2D eigenvalue weighted by Gasteiger charge is -1.93. The van der Waals surface area contributed by atoms with E-state index in [4.69, 9.17) is 5.26 Å². The molecule has 1 heterocycles. The summed E-state index contributed by atoms with van der Waals surface area (Å²) in [4.78, 5) is 4.00. The third-order valence-electron chi connectivity index (χ3n) is 2.04. The van der Waals surface area contributed by atoms with Gasteiger partial charge in [-0.2, -0.15) is 5.26 Å². The molecule has 1 aliphatic rings. The van der Waals surface area contributed by atoms with E-state index in [0.717, 1.165) is 10.4 Å². The Labute approximate surface area is 81.8 Å². The minimum absolute atomic E-state index is 0.681. The first-order chi connectivity index (χ1) is 6.92. The van der Waals surface area contributed by atoms with E-state index in [2.05, 4.69) is 11.1 Å². The van der Waals surface area contributed by atoms with Gasteiger partial charge in [-0.25, -0.2) is 0 Å². The van der Waals surface area contributed by atoms with Gasteiger partial charge in [-0.1, -0.05) is 18.2 Å². The maximum absolute atomic E-state index is 8.91. The number of nitriles is 1. The standard InChI is InChI=1S/C12H8N2/c13-9-11-4-1-3-10-5-2-7-14-8-6-12(10)11/h1-8H. The molecule has 0 amide bonds. The van der Waals surface area contributed by atoms with Crippen LogP contribution in [-0.2, 0) is 0 Å². The number of allylic oxidation sites excluding steroid dienone is 1. The van der Waals surface area contributed by atoms with Gasteiger partial charge in [0.05, 0.1) is 11.6 Å². The molecule has 2 rings (SSSR count). The van der Waals surface area contributed by atoms with Crippen LogP contribution in [0.1, 0.15) is 5.56 Å². The van der Waals surface area contributed by atoms with E-state index in [1.54, 1.807) is 12.4 Å². The maximum Gasteiger partial charge on any atom is 0.0998 e. The van der Waals surface area contributed by atoms with Gasteiger partial charge in [0.15, 0.2) is 0 Å². The molecule has 0 spiro atoms. The van der Waals surface area contributed by atoms with Crippen LogP contribution in [-0.4, -0.2) is 6.21 Å². The van der Waals surface area contributed by atoms with Gasteiger partial charge in [0.25, 0.3) is 0 Å². The summed E-state index contributed by atoms with van der Waals surface area (Å²) in [6.45, 7) is 0. The Bertz CT molecular complexity index is 557. The van der Waals surface area contributed by atoms with Gasteiger partial charge in [-0.3, -0.25) is 4.99 Å². The van der Waals surface area contributed by atoms with Crippen molar-refractivity contribution >= 4 is 18.4 Å². The predicted molar refractivity (Wildman–Crippen MR) is 57.0 cm³/mol. The molecule has 1 aromatic rings. The second kappa shape index (κ2) is 3.71. The molecule has 2 heteroatoms. The van der Waals surface area contributed by atoms with Crippen LogP contribution in [0.25, 0.3) is 12.2 Å². The summed E-state index contributed by atoms with van der Waals surface area (Å²) < 4.78 is 0. The third-order valence-corrected chi connectivity index (χ3v) is 2.04. The molecule has 14 heavy (non-hydrogen) atoms. The Morgan fingerprint density at radius 2 is 2.14 bits per heavy atom. The molecule has 0 unspecified atom stereocenters. The molecular formula is C12H8N2. The summed E-state index contributed by atoms with van der Waals surface area (Å²) in [6.07, 6.45) is 9.09. The van der Waals surface area contributed by atoms with Gasteiger partial charge in [-0.05, 0) is 23.4 Å². The largest absolute Gasteiger partial charge is 0.265 e. The van der Waals surface area contributed by atoms with Gasteiger partial charge in [0.1, 0.15) is 0 Å². The first-order valence-electron chi connectivity index (χ1n) is 4.31. The van der Waals surface area contributed by atoms with Crippen molar-refractivity contribution in [2.24, 2.45) is 4.99 Å². The first-order valence-corrected chi connectivity index (χ1v) is 4.31. The molecule has 1 aliphatic heterocycles. The third kappa shape index (κ3) is 1.48. The van der Waals surface area contributed by atoms with Crippen molar-refractivity contribution in [3.63, 3.8) is 0 Å². The van der Waals surface area contributed by atoms with E-state index in [9.17, 15) is 0 Å². The van der Waals surface area contributed by atoms with Gasteiger partial charge >= 0.3 is 0 Å². The Morgan fingerprint density at radius 3 is 3.00 bits per heavy atom. The number of aliphatic imine (C=N–C) groups is 1. The highest BCUT2D eigenvalue weighted by Gasteiger charge is 1.93. The molecule has 0 aromatic heterocycles. The number of rotatable bonds is 0. The van der Waals surface area contributed by atoms with Crippen molar-refractivity contribution < 1.29 is 0 Å². The van der Waals surface area contributed by atoms with E-state index in [-0.39, 0.29) is 0 Å². The predicted octanol–water partition coefficient (Wildman–Crippen LogP) is 0.717. The molecular weight excluding hydrogens is 172 g/mol. The highest BCUT2D eigenvalue weighted by Crippen LogP contribution is 1.87. The molecule has 0 atom stereocenters. The monoisotopic (exact) mass is 180 g/mol. The molecule has 0 aliphatic carbocycles. The van der Waals surface area contributed by atoms with Crippen LogP contribution in [0.2, 0.25) is 0 Å². The lowest BCUT2D eigenvalue weighted by molar-refractivity contribution is 1.42. The summed E-state index contributed by atoms with van der Waals surface area (Å²) >= 11 is 0. The van der Waals surface area contributed by atoms with E-state index >= 15 is 0 Å². The van der Waals surface area contributed by atoms with Crippen molar-refractivity contribution in [1.82, 2.24) is 0 Å². The Kier molecular flexibility index (Phi) is 2.24. The molecule has 0 saturated carbocycles. The second-order valence-electron chi connectivity index (χ2n) is 2.89. The number of hydrogen-bond donors (Lipinski definition) is 0. The van der Waals surface area contributed by atoms with Gasteiger partial charge in [0, 0.05) is 17.6 Å². The van der Waals surface area contributed by atoms with Crippen LogP contribution in [0.3, 0.4) is 0 Å². The number of nitrogens with zero attached hydrogens (tertiary/aromatic N) is 2. The quantitative estimate of drug-likeness (QED) is 0.579. The Hall–Kier alpha value is -2.14. The van der Waals surface area contributed by atoms with Crippen molar-refractivity contribution in [3.8, 4) is 6.07 Å². The number of fused-ring (bicyclic) bond motifs is 1. The molecule has 1 aromatic carbocycles. The van der Waals surface area contributed by atoms with Crippen LogP contribution >= 0.6 is 0 Å². The van der Waals surface area contributed by atoms with Crippen molar-refractivity contribution in [3.05, 3.63) is 46.5 Å². The highest BCUT2D eigenvalue weighted by molar-refractivity contribution is 5.92. The van der Waals surface area contributed by atoms with Crippen molar-refractivity contribution in [1.29, 1.82) is 5.26 Å². The van der Waals surface area contributed by atoms with Crippen LogP contribution in [0.4, 0.5) is 0 Å². The fraction of sp³-hybridized carbons (Fsp3) is 0. The number of hydrogen-bond acceptors (Lipinski definition) is 2. The molecule has 0 N–H and O–H groups in total. The van der Waals surface area contributed by atoms with Crippen molar-refractivity contribution in [2.45, 2.75) is 0 Å². The zero-order valence-electron chi connectivity index (χ0n) is 7.51. The lowest BCUT2D eigenvalue weighted by Crippen LogP contribution is -2.27.